The van der Waals surface area contributed by atoms with Crippen molar-refractivity contribution in [2.75, 3.05) is 19.8 Å². The second-order valence-corrected chi connectivity index (χ2v) is 7.60. The van der Waals surface area contributed by atoms with E-state index in [1.54, 1.807) is 0 Å². The van der Waals surface area contributed by atoms with Crippen LogP contribution in [0.2, 0.25) is 10.0 Å². The van der Waals surface area contributed by atoms with Gasteiger partial charge in [0, 0.05) is 12.6 Å². The highest BCUT2D eigenvalue weighted by molar-refractivity contribution is 7.89. The predicted molar refractivity (Wildman–Crippen MR) is 81.8 cm³/mol. The highest BCUT2D eigenvalue weighted by atomic mass is 35.5. The van der Waals surface area contributed by atoms with Crippen LogP contribution in [0, 0.1) is 0 Å². The van der Waals surface area contributed by atoms with Gasteiger partial charge < -0.3 is 9.84 Å². The number of sulfonamides is 1. The van der Waals surface area contributed by atoms with Crippen LogP contribution in [0.5, 0.6) is 0 Å². The Morgan fingerprint density at radius 2 is 2.09 bits per heavy atom. The molecule has 1 aromatic carbocycles. The van der Waals surface area contributed by atoms with Crippen molar-refractivity contribution in [3.8, 4) is 0 Å². The third-order valence-corrected chi connectivity index (χ3v) is 6.04. The fraction of sp³-hybridized carbons (Fsp3) is 0.462. The molecule has 6 nitrogen and oxygen atoms in total. The molecule has 1 N–H and O–H groups in total. The summed E-state index contributed by atoms with van der Waals surface area (Å²) in [5.41, 5.74) is 0. The zero-order chi connectivity index (χ0) is 16.3. The van der Waals surface area contributed by atoms with E-state index in [9.17, 15) is 13.2 Å². The molecule has 9 heteroatoms. The fourth-order valence-corrected chi connectivity index (χ4v) is 4.42. The molecule has 1 fully saturated rings. The minimum Gasteiger partial charge on any atom is -0.480 e. The Bertz CT molecular complexity index is 664. The van der Waals surface area contributed by atoms with Crippen molar-refractivity contribution in [2.24, 2.45) is 0 Å². The molecule has 1 heterocycles. The third kappa shape index (κ3) is 3.91. The van der Waals surface area contributed by atoms with Crippen LogP contribution in [0.4, 0.5) is 0 Å². The van der Waals surface area contributed by atoms with E-state index in [4.69, 9.17) is 33.0 Å². The number of aliphatic carboxylic acids is 1. The first-order valence-corrected chi connectivity index (χ1v) is 8.78. The van der Waals surface area contributed by atoms with Crippen LogP contribution in [0.1, 0.15) is 12.8 Å². The Balaban J connectivity index is 2.16. The lowest BCUT2D eigenvalue weighted by Crippen LogP contribution is -2.38. The summed E-state index contributed by atoms with van der Waals surface area (Å²) in [6.45, 7) is -0.0340. The number of benzene rings is 1. The molecule has 0 spiro atoms. The van der Waals surface area contributed by atoms with Gasteiger partial charge in [-0.05, 0) is 31.0 Å². The predicted octanol–water partition coefficient (Wildman–Crippen LogP) is 2.25. The van der Waals surface area contributed by atoms with E-state index < -0.39 is 22.6 Å². The number of hydrogen-bond donors (Lipinski definition) is 1. The summed E-state index contributed by atoms with van der Waals surface area (Å²) in [7, 11) is -3.71. The topological polar surface area (TPSA) is 83.9 Å². The van der Waals surface area contributed by atoms with Crippen molar-refractivity contribution < 1.29 is 23.1 Å². The Hall–Kier alpha value is -0.860. The van der Waals surface area contributed by atoms with Crippen molar-refractivity contribution in [3.63, 3.8) is 0 Å². The van der Waals surface area contributed by atoms with Crippen molar-refractivity contribution in [3.05, 3.63) is 28.2 Å². The highest BCUT2D eigenvalue weighted by Crippen LogP contribution is 2.30. The van der Waals surface area contributed by atoms with Crippen molar-refractivity contribution in [1.29, 1.82) is 0 Å². The zero-order valence-corrected chi connectivity index (χ0v) is 13.9. The second kappa shape index (κ2) is 7.14. The number of nitrogens with zero attached hydrogens (tertiary/aromatic N) is 1. The minimum absolute atomic E-state index is 0.0485. The molecule has 1 atom stereocenters. The SMILES string of the molecule is O=C(O)COCC1CCCN1S(=O)(=O)c1ccc(Cl)c(Cl)c1. The van der Waals surface area contributed by atoms with Crippen LogP contribution >= 0.6 is 23.2 Å². The lowest BCUT2D eigenvalue weighted by Gasteiger charge is -2.24. The van der Waals surface area contributed by atoms with E-state index in [0.717, 1.165) is 0 Å². The van der Waals surface area contributed by atoms with Crippen molar-refractivity contribution >= 4 is 39.2 Å². The monoisotopic (exact) mass is 367 g/mol. The molecule has 0 aromatic heterocycles. The number of carboxylic acids is 1. The van der Waals surface area contributed by atoms with E-state index >= 15 is 0 Å². The number of hydrogen-bond acceptors (Lipinski definition) is 4. The minimum atomic E-state index is -3.71. The van der Waals surface area contributed by atoms with Crippen LogP contribution < -0.4 is 0 Å². The van der Waals surface area contributed by atoms with Crippen LogP contribution in [0.3, 0.4) is 0 Å². The fourth-order valence-electron chi connectivity index (χ4n) is 2.35. The van der Waals surface area contributed by atoms with Crippen molar-refractivity contribution in [1.82, 2.24) is 4.31 Å². The molecule has 1 aromatic rings. The summed E-state index contributed by atoms with van der Waals surface area (Å²) in [5, 5.41) is 9.01. The molecule has 1 saturated heterocycles. The number of halogens is 2. The summed E-state index contributed by atoms with van der Waals surface area (Å²) >= 11 is 11.7. The van der Waals surface area contributed by atoms with Crippen molar-refractivity contribution in [2.45, 2.75) is 23.8 Å². The molecular weight excluding hydrogens is 353 g/mol. The van der Waals surface area contributed by atoms with Crippen LogP contribution in [-0.2, 0) is 19.6 Å². The largest absolute Gasteiger partial charge is 0.480 e. The van der Waals surface area contributed by atoms with Gasteiger partial charge in [0.25, 0.3) is 0 Å². The van der Waals surface area contributed by atoms with Gasteiger partial charge in [-0.25, -0.2) is 13.2 Å². The van der Waals surface area contributed by atoms with Gasteiger partial charge in [0.2, 0.25) is 10.0 Å². The summed E-state index contributed by atoms with van der Waals surface area (Å²) < 4.78 is 31.7. The Morgan fingerprint density at radius 1 is 1.36 bits per heavy atom. The van der Waals surface area contributed by atoms with Gasteiger partial charge in [0.05, 0.1) is 21.5 Å². The van der Waals surface area contributed by atoms with Gasteiger partial charge in [-0.15, -0.1) is 0 Å². The van der Waals surface area contributed by atoms with E-state index in [-0.39, 0.29) is 27.6 Å². The van der Waals surface area contributed by atoms with E-state index in [2.05, 4.69) is 0 Å². The quantitative estimate of drug-likeness (QED) is 0.833. The molecule has 2 rings (SSSR count). The van der Waals surface area contributed by atoms with Gasteiger partial charge in [-0.1, -0.05) is 23.2 Å². The Labute approximate surface area is 138 Å². The summed E-state index contributed by atoms with van der Waals surface area (Å²) in [5.74, 6) is -1.09. The van der Waals surface area contributed by atoms with Crippen LogP contribution in [0.15, 0.2) is 23.1 Å². The van der Waals surface area contributed by atoms with Gasteiger partial charge in [0.1, 0.15) is 6.61 Å². The van der Waals surface area contributed by atoms with Gasteiger partial charge in [0.15, 0.2) is 0 Å². The zero-order valence-electron chi connectivity index (χ0n) is 11.5. The normalized spacial score (nSPS) is 19.5. The number of carbonyl (C=O) groups is 1. The summed E-state index contributed by atoms with van der Waals surface area (Å²) in [6.07, 6.45) is 1.32. The molecule has 0 bridgehead atoms. The molecule has 0 aliphatic carbocycles. The first-order valence-electron chi connectivity index (χ1n) is 6.59. The molecule has 122 valence electrons. The molecular formula is C13H15Cl2NO5S. The van der Waals surface area contributed by atoms with Crippen LogP contribution in [0.25, 0.3) is 0 Å². The van der Waals surface area contributed by atoms with Crippen LogP contribution in [-0.4, -0.2) is 49.6 Å². The Morgan fingerprint density at radius 3 is 2.73 bits per heavy atom. The third-order valence-electron chi connectivity index (χ3n) is 3.36. The van der Waals surface area contributed by atoms with E-state index in [1.807, 2.05) is 0 Å². The average Bonchev–Trinajstić information content (AvgIpc) is 2.90. The first kappa shape index (κ1) is 17.5. The maximum absolute atomic E-state index is 12.7. The molecule has 0 saturated carbocycles. The smallest absolute Gasteiger partial charge is 0.329 e. The van der Waals surface area contributed by atoms with E-state index in [1.165, 1.54) is 22.5 Å². The van der Waals surface area contributed by atoms with Gasteiger partial charge in [-0.2, -0.15) is 4.31 Å². The second-order valence-electron chi connectivity index (χ2n) is 4.90. The van der Waals surface area contributed by atoms with E-state index in [0.29, 0.717) is 19.4 Å². The molecule has 1 unspecified atom stereocenters. The maximum Gasteiger partial charge on any atom is 0.329 e. The highest BCUT2D eigenvalue weighted by Gasteiger charge is 2.35. The molecule has 0 amide bonds. The van der Waals surface area contributed by atoms with Gasteiger partial charge in [-0.3, -0.25) is 0 Å². The summed E-state index contributed by atoms with van der Waals surface area (Å²) in [6, 6.07) is 3.77. The molecule has 22 heavy (non-hydrogen) atoms. The molecule has 1 aliphatic heterocycles. The first-order chi connectivity index (χ1) is 10.3. The lowest BCUT2D eigenvalue weighted by molar-refractivity contribution is -0.142. The number of ether oxygens (including phenoxy) is 1. The number of rotatable bonds is 6. The molecule has 0 radical (unpaired) electrons. The molecule has 1 aliphatic rings. The standard InChI is InChI=1S/C13H15Cl2NO5S/c14-11-4-3-10(6-12(11)15)22(19,20)16-5-1-2-9(16)7-21-8-13(17)18/h3-4,6,9H,1-2,5,7-8H2,(H,17,18). The average molecular weight is 368 g/mol. The summed E-state index contributed by atoms with van der Waals surface area (Å²) in [4.78, 5) is 10.5. The van der Waals surface area contributed by atoms with Gasteiger partial charge >= 0.3 is 5.97 Å². The number of carboxylic acid groups (broad SMARTS) is 1. The lowest BCUT2D eigenvalue weighted by atomic mass is 10.2. The maximum atomic E-state index is 12.7. The Kier molecular flexibility index (Phi) is 5.68.